The quantitative estimate of drug-likeness (QED) is 0.903. The molecule has 0 amide bonds. The molecular weight excluding hydrogens is 316 g/mol. The summed E-state index contributed by atoms with van der Waals surface area (Å²) in [6, 6.07) is 3.17. The van der Waals surface area contributed by atoms with E-state index in [-0.39, 0.29) is 10.5 Å². The van der Waals surface area contributed by atoms with E-state index in [9.17, 15) is 18.3 Å². The molecule has 0 radical (unpaired) electrons. The molecule has 1 heterocycles. The van der Waals surface area contributed by atoms with Crippen LogP contribution in [0.1, 0.15) is 35.3 Å². The van der Waals surface area contributed by atoms with Crippen molar-refractivity contribution in [3.8, 4) is 0 Å². The Hall–Kier alpha value is -1.44. The topological polar surface area (TPSA) is 77.9 Å². The molecular formula is C16H24N2O4S. The first-order chi connectivity index (χ1) is 10.6. The molecule has 0 bridgehead atoms. The standard InChI is InChI=1S/C16H24N2O4S/c1-11(2)17-5-7-18(8-6-17)23(21,22)15-10-14(16(19)20)9-12(3)13(15)4/h9-11H,5-8H2,1-4H3,(H,19,20). The molecule has 0 atom stereocenters. The van der Waals surface area contributed by atoms with Gasteiger partial charge in [-0.25, -0.2) is 13.2 Å². The van der Waals surface area contributed by atoms with Crippen molar-refractivity contribution >= 4 is 16.0 Å². The maximum Gasteiger partial charge on any atom is 0.335 e. The van der Waals surface area contributed by atoms with Crippen LogP contribution in [0.5, 0.6) is 0 Å². The van der Waals surface area contributed by atoms with Crippen LogP contribution in [0, 0.1) is 13.8 Å². The van der Waals surface area contributed by atoms with E-state index >= 15 is 0 Å². The van der Waals surface area contributed by atoms with Gasteiger partial charge < -0.3 is 5.11 Å². The fraction of sp³-hybridized carbons (Fsp3) is 0.562. The number of piperazine rings is 1. The monoisotopic (exact) mass is 340 g/mol. The van der Waals surface area contributed by atoms with Crippen molar-refractivity contribution in [3.05, 3.63) is 28.8 Å². The van der Waals surface area contributed by atoms with Crippen LogP contribution in [-0.2, 0) is 10.0 Å². The summed E-state index contributed by atoms with van der Waals surface area (Å²) in [6.07, 6.45) is 0. The zero-order valence-electron chi connectivity index (χ0n) is 14.0. The Balaban J connectivity index is 2.36. The van der Waals surface area contributed by atoms with E-state index in [1.54, 1.807) is 13.8 Å². The predicted octanol–water partition coefficient (Wildman–Crippen LogP) is 1.72. The van der Waals surface area contributed by atoms with Gasteiger partial charge in [0.1, 0.15) is 0 Å². The summed E-state index contributed by atoms with van der Waals surface area (Å²) in [6.45, 7) is 9.87. The molecule has 0 unspecified atom stereocenters. The number of carboxylic acids is 1. The number of carboxylic acid groups (broad SMARTS) is 1. The van der Waals surface area contributed by atoms with Crippen molar-refractivity contribution in [1.29, 1.82) is 0 Å². The number of sulfonamides is 1. The van der Waals surface area contributed by atoms with Gasteiger partial charge in [-0.15, -0.1) is 0 Å². The highest BCUT2D eigenvalue weighted by Gasteiger charge is 2.31. The van der Waals surface area contributed by atoms with Crippen LogP contribution in [0.3, 0.4) is 0 Å². The van der Waals surface area contributed by atoms with Crippen LogP contribution in [0.15, 0.2) is 17.0 Å². The number of nitrogens with zero attached hydrogens (tertiary/aromatic N) is 2. The second-order valence-electron chi connectivity index (χ2n) is 6.26. The molecule has 128 valence electrons. The number of hydrogen-bond donors (Lipinski definition) is 1. The average molecular weight is 340 g/mol. The zero-order chi connectivity index (χ0) is 17.4. The molecule has 0 aliphatic carbocycles. The molecule has 1 aliphatic rings. The molecule has 1 N–H and O–H groups in total. The van der Waals surface area contributed by atoms with Crippen molar-refractivity contribution in [2.45, 2.75) is 38.6 Å². The average Bonchev–Trinajstić information content (AvgIpc) is 2.49. The Morgan fingerprint density at radius 3 is 2.17 bits per heavy atom. The highest BCUT2D eigenvalue weighted by Crippen LogP contribution is 2.25. The van der Waals surface area contributed by atoms with Crippen LogP contribution < -0.4 is 0 Å². The summed E-state index contributed by atoms with van der Waals surface area (Å²) in [5.41, 5.74) is 1.29. The first-order valence-corrected chi connectivity index (χ1v) is 9.17. The van der Waals surface area contributed by atoms with E-state index in [0.717, 1.165) is 0 Å². The van der Waals surface area contributed by atoms with Gasteiger partial charge in [-0.3, -0.25) is 4.90 Å². The smallest absolute Gasteiger partial charge is 0.335 e. The van der Waals surface area contributed by atoms with Crippen molar-refractivity contribution in [1.82, 2.24) is 9.21 Å². The van der Waals surface area contributed by atoms with E-state index < -0.39 is 16.0 Å². The van der Waals surface area contributed by atoms with Crippen LogP contribution in [0.25, 0.3) is 0 Å². The number of benzene rings is 1. The van der Waals surface area contributed by atoms with Gasteiger partial charge in [0.05, 0.1) is 10.5 Å². The molecule has 0 saturated carbocycles. The summed E-state index contributed by atoms with van der Waals surface area (Å²) < 4.78 is 27.3. The number of rotatable bonds is 4. The summed E-state index contributed by atoms with van der Waals surface area (Å²) >= 11 is 0. The van der Waals surface area contributed by atoms with Gasteiger partial charge in [-0.2, -0.15) is 4.31 Å². The number of aromatic carboxylic acids is 1. The van der Waals surface area contributed by atoms with E-state index in [1.807, 2.05) is 0 Å². The lowest BCUT2D eigenvalue weighted by Crippen LogP contribution is -2.50. The van der Waals surface area contributed by atoms with Crippen molar-refractivity contribution in [3.63, 3.8) is 0 Å². The lowest BCUT2D eigenvalue weighted by Gasteiger charge is -2.36. The highest BCUT2D eigenvalue weighted by atomic mass is 32.2. The first kappa shape index (κ1) is 17.9. The Labute approximate surface area is 137 Å². The molecule has 0 aromatic heterocycles. The van der Waals surface area contributed by atoms with E-state index in [2.05, 4.69) is 18.7 Å². The van der Waals surface area contributed by atoms with Gasteiger partial charge in [-0.05, 0) is 51.0 Å². The van der Waals surface area contributed by atoms with Gasteiger partial charge in [0.2, 0.25) is 10.0 Å². The molecule has 2 rings (SSSR count). The minimum atomic E-state index is -3.68. The van der Waals surface area contributed by atoms with Crippen LogP contribution in [0.2, 0.25) is 0 Å². The molecule has 0 spiro atoms. The fourth-order valence-electron chi connectivity index (χ4n) is 2.82. The van der Waals surface area contributed by atoms with Crippen molar-refractivity contribution in [2.24, 2.45) is 0 Å². The maximum atomic E-state index is 12.9. The number of carbonyl (C=O) groups is 1. The predicted molar refractivity (Wildman–Crippen MR) is 88.3 cm³/mol. The third-order valence-electron chi connectivity index (χ3n) is 4.49. The minimum Gasteiger partial charge on any atom is -0.478 e. The summed E-state index contributed by atoms with van der Waals surface area (Å²) in [5.74, 6) is -1.12. The van der Waals surface area contributed by atoms with E-state index in [0.29, 0.717) is 43.3 Å². The van der Waals surface area contributed by atoms with Crippen LogP contribution in [0.4, 0.5) is 0 Å². The van der Waals surface area contributed by atoms with Crippen molar-refractivity contribution in [2.75, 3.05) is 26.2 Å². The maximum absolute atomic E-state index is 12.9. The van der Waals surface area contributed by atoms with Gasteiger partial charge in [0.25, 0.3) is 0 Å². The van der Waals surface area contributed by atoms with Crippen molar-refractivity contribution < 1.29 is 18.3 Å². The number of hydrogen-bond acceptors (Lipinski definition) is 4. The van der Waals surface area contributed by atoms with Crippen LogP contribution >= 0.6 is 0 Å². The molecule has 1 aromatic carbocycles. The second-order valence-corrected chi connectivity index (χ2v) is 8.16. The molecule has 1 saturated heterocycles. The van der Waals surface area contributed by atoms with Gasteiger partial charge in [0, 0.05) is 32.2 Å². The Kier molecular flexibility index (Phi) is 5.13. The molecule has 1 fully saturated rings. The van der Waals surface area contributed by atoms with E-state index in [4.69, 9.17) is 0 Å². The van der Waals surface area contributed by atoms with Gasteiger partial charge in [0.15, 0.2) is 0 Å². The normalized spacial score (nSPS) is 17.6. The molecule has 7 heteroatoms. The summed E-state index contributed by atoms with van der Waals surface area (Å²) in [7, 11) is -3.68. The molecule has 23 heavy (non-hydrogen) atoms. The first-order valence-electron chi connectivity index (χ1n) is 7.73. The Morgan fingerprint density at radius 1 is 1.13 bits per heavy atom. The summed E-state index contributed by atoms with van der Waals surface area (Å²) in [4.78, 5) is 13.6. The number of aryl methyl sites for hydroxylation is 1. The molecule has 1 aromatic rings. The summed E-state index contributed by atoms with van der Waals surface area (Å²) in [5, 5.41) is 9.18. The second kappa shape index (κ2) is 6.59. The minimum absolute atomic E-state index is 0.00694. The lowest BCUT2D eigenvalue weighted by molar-refractivity contribution is 0.0696. The fourth-order valence-corrected chi connectivity index (χ4v) is 4.56. The molecule has 6 nitrogen and oxygen atoms in total. The third-order valence-corrected chi connectivity index (χ3v) is 6.51. The Bertz CT molecular complexity index is 705. The van der Waals surface area contributed by atoms with Gasteiger partial charge in [-0.1, -0.05) is 0 Å². The largest absolute Gasteiger partial charge is 0.478 e. The Morgan fingerprint density at radius 2 is 1.70 bits per heavy atom. The third kappa shape index (κ3) is 3.57. The van der Waals surface area contributed by atoms with Gasteiger partial charge >= 0.3 is 5.97 Å². The lowest BCUT2D eigenvalue weighted by atomic mass is 10.1. The van der Waals surface area contributed by atoms with Crippen LogP contribution in [-0.4, -0.2) is 60.9 Å². The zero-order valence-corrected chi connectivity index (χ0v) is 14.9. The SMILES string of the molecule is Cc1cc(C(=O)O)cc(S(=O)(=O)N2CCN(C(C)C)CC2)c1C. The molecule has 1 aliphatic heterocycles. The highest BCUT2D eigenvalue weighted by molar-refractivity contribution is 7.89. The van der Waals surface area contributed by atoms with E-state index in [1.165, 1.54) is 16.4 Å².